The molecule has 1 saturated heterocycles. The van der Waals surface area contributed by atoms with E-state index in [2.05, 4.69) is 21.2 Å². The summed E-state index contributed by atoms with van der Waals surface area (Å²) in [4.78, 5) is 0. The van der Waals surface area contributed by atoms with Gasteiger partial charge >= 0.3 is 0 Å². The Kier molecular flexibility index (Phi) is 4.31. The van der Waals surface area contributed by atoms with Crippen molar-refractivity contribution in [3.05, 3.63) is 28.2 Å². The van der Waals surface area contributed by atoms with Crippen LogP contribution in [0.25, 0.3) is 0 Å². The Balaban J connectivity index is 1.96. The van der Waals surface area contributed by atoms with Gasteiger partial charge in [0.1, 0.15) is 18.4 Å². The van der Waals surface area contributed by atoms with Crippen LogP contribution in [0.4, 0.5) is 14.5 Å². The van der Waals surface area contributed by atoms with Crippen molar-refractivity contribution in [2.75, 3.05) is 25.3 Å². The molecule has 17 heavy (non-hydrogen) atoms. The summed E-state index contributed by atoms with van der Waals surface area (Å²) in [6.07, 6.45) is 0.753. The van der Waals surface area contributed by atoms with E-state index in [4.69, 9.17) is 9.47 Å². The summed E-state index contributed by atoms with van der Waals surface area (Å²) in [6.45, 7) is 1.38. The number of ether oxygens (including phenoxy) is 2. The van der Waals surface area contributed by atoms with Crippen LogP contribution >= 0.6 is 15.9 Å². The third kappa shape index (κ3) is 3.37. The third-order valence-corrected chi connectivity index (χ3v) is 3.11. The maximum Gasteiger partial charge on any atom is 0.149 e. The second kappa shape index (κ2) is 5.75. The van der Waals surface area contributed by atoms with Gasteiger partial charge in [-0.15, -0.1) is 0 Å². The topological polar surface area (TPSA) is 30.5 Å². The Morgan fingerprint density at radius 1 is 1.35 bits per heavy atom. The SMILES string of the molecule is Fc1cc(F)c(NCC2CCOCO2)cc1Br. The Morgan fingerprint density at radius 2 is 2.18 bits per heavy atom. The third-order valence-electron chi connectivity index (χ3n) is 2.50. The highest BCUT2D eigenvalue weighted by Crippen LogP contribution is 2.23. The molecule has 1 heterocycles. The van der Waals surface area contributed by atoms with E-state index >= 15 is 0 Å². The van der Waals surface area contributed by atoms with Gasteiger partial charge in [-0.1, -0.05) is 0 Å². The zero-order chi connectivity index (χ0) is 12.3. The van der Waals surface area contributed by atoms with Gasteiger partial charge < -0.3 is 14.8 Å². The molecular formula is C11H12BrF2NO2. The molecular weight excluding hydrogens is 296 g/mol. The van der Waals surface area contributed by atoms with Crippen molar-refractivity contribution in [1.82, 2.24) is 0 Å². The predicted octanol–water partition coefficient (Wildman–Crippen LogP) is 2.90. The molecule has 0 bridgehead atoms. The van der Waals surface area contributed by atoms with Crippen LogP contribution in [0.2, 0.25) is 0 Å². The average molecular weight is 308 g/mol. The average Bonchev–Trinajstić information content (AvgIpc) is 2.33. The van der Waals surface area contributed by atoms with Crippen molar-refractivity contribution in [1.29, 1.82) is 0 Å². The second-order valence-electron chi connectivity index (χ2n) is 3.73. The summed E-state index contributed by atoms with van der Waals surface area (Å²) in [5.74, 6) is -1.23. The summed E-state index contributed by atoms with van der Waals surface area (Å²) in [5.41, 5.74) is 0.258. The first kappa shape index (κ1) is 12.7. The highest BCUT2D eigenvalue weighted by molar-refractivity contribution is 9.10. The maximum atomic E-state index is 13.4. The molecule has 1 unspecified atom stereocenters. The van der Waals surface area contributed by atoms with Crippen molar-refractivity contribution >= 4 is 21.6 Å². The Hall–Kier alpha value is -0.720. The van der Waals surface area contributed by atoms with E-state index in [-0.39, 0.29) is 23.1 Å². The van der Waals surface area contributed by atoms with Gasteiger partial charge in [0.05, 0.1) is 22.9 Å². The van der Waals surface area contributed by atoms with Gasteiger partial charge in [0.25, 0.3) is 0 Å². The Labute approximate surface area is 106 Å². The number of anilines is 1. The first-order chi connectivity index (χ1) is 8.16. The molecule has 1 N–H and O–H groups in total. The molecule has 0 amide bonds. The number of halogens is 3. The number of nitrogens with one attached hydrogen (secondary N) is 1. The lowest BCUT2D eigenvalue weighted by Gasteiger charge is -2.23. The van der Waals surface area contributed by atoms with Crippen molar-refractivity contribution in [2.45, 2.75) is 12.5 Å². The molecule has 1 aliphatic heterocycles. The fourth-order valence-electron chi connectivity index (χ4n) is 1.54. The van der Waals surface area contributed by atoms with Crippen LogP contribution in [0, 0.1) is 11.6 Å². The normalized spacial score (nSPS) is 20.3. The van der Waals surface area contributed by atoms with Crippen LogP contribution in [0.1, 0.15) is 6.42 Å². The zero-order valence-corrected chi connectivity index (χ0v) is 10.6. The zero-order valence-electron chi connectivity index (χ0n) is 9.01. The van der Waals surface area contributed by atoms with Crippen molar-refractivity contribution < 1.29 is 18.3 Å². The van der Waals surface area contributed by atoms with E-state index in [9.17, 15) is 8.78 Å². The summed E-state index contributed by atoms with van der Waals surface area (Å²) in [5, 5.41) is 2.90. The van der Waals surface area contributed by atoms with Gasteiger partial charge in [-0.2, -0.15) is 0 Å². The van der Waals surface area contributed by atoms with Gasteiger partial charge in [0, 0.05) is 12.6 Å². The van der Waals surface area contributed by atoms with Crippen LogP contribution in [0.5, 0.6) is 0 Å². The lowest BCUT2D eigenvalue weighted by Crippen LogP contribution is -2.30. The van der Waals surface area contributed by atoms with E-state index in [0.29, 0.717) is 13.2 Å². The molecule has 2 rings (SSSR count). The molecule has 94 valence electrons. The molecule has 1 aromatic rings. The number of benzene rings is 1. The number of hydrogen-bond acceptors (Lipinski definition) is 3. The molecule has 0 aromatic heterocycles. The van der Waals surface area contributed by atoms with Gasteiger partial charge in [0.2, 0.25) is 0 Å². The lowest BCUT2D eigenvalue weighted by atomic mass is 10.2. The summed E-state index contributed by atoms with van der Waals surface area (Å²) >= 11 is 3.01. The first-order valence-electron chi connectivity index (χ1n) is 5.24. The summed E-state index contributed by atoms with van der Waals surface area (Å²) in [6, 6.07) is 2.22. The van der Waals surface area contributed by atoms with Crippen LogP contribution in [0.3, 0.4) is 0 Å². The van der Waals surface area contributed by atoms with E-state index in [1.54, 1.807) is 0 Å². The molecule has 3 nitrogen and oxygen atoms in total. The molecule has 0 aliphatic carbocycles. The quantitative estimate of drug-likeness (QED) is 0.871. The van der Waals surface area contributed by atoms with Crippen molar-refractivity contribution in [2.24, 2.45) is 0 Å². The minimum Gasteiger partial charge on any atom is -0.380 e. The first-order valence-corrected chi connectivity index (χ1v) is 6.04. The summed E-state index contributed by atoms with van der Waals surface area (Å²) in [7, 11) is 0. The maximum absolute atomic E-state index is 13.4. The molecule has 0 radical (unpaired) electrons. The minimum absolute atomic E-state index is 0.00743. The van der Waals surface area contributed by atoms with E-state index in [1.165, 1.54) is 6.07 Å². The fourth-order valence-corrected chi connectivity index (χ4v) is 1.89. The van der Waals surface area contributed by atoms with Gasteiger partial charge in [-0.25, -0.2) is 8.78 Å². The van der Waals surface area contributed by atoms with Crippen LogP contribution < -0.4 is 5.32 Å². The van der Waals surface area contributed by atoms with Crippen molar-refractivity contribution in [3.8, 4) is 0 Å². The van der Waals surface area contributed by atoms with E-state index < -0.39 is 11.6 Å². The fraction of sp³-hybridized carbons (Fsp3) is 0.455. The van der Waals surface area contributed by atoms with Gasteiger partial charge in [-0.05, 0) is 28.4 Å². The Morgan fingerprint density at radius 3 is 2.88 bits per heavy atom. The lowest BCUT2D eigenvalue weighted by molar-refractivity contribution is -0.133. The molecule has 1 fully saturated rings. The van der Waals surface area contributed by atoms with Gasteiger partial charge in [0.15, 0.2) is 0 Å². The van der Waals surface area contributed by atoms with Crippen LogP contribution in [-0.2, 0) is 9.47 Å². The molecule has 1 aromatic carbocycles. The molecule has 0 saturated carbocycles. The second-order valence-corrected chi connectivity index (χ2v) is 4.58. The number of hydrogen-bond donors (Lipinski definition) is 1. The highest BCUT2D eigenvalue weighted by atomic mass is 79.9. The molecule has 6 heteroatoms. The molecule has 1 aliphatic rings. The minimum atomic E-state index is -0.615. The number of rotatable bonds is 3. The standard InChI is InChI=1S/C11H12BrF2NO2/c12-8-3-11(10(14)4-9(8)13)15-5-7-1-2-16-6-17-7/h3-4,7,15H,1-2,5-6H2. The van der Waals surface area contributed by atoms with Crippen molar-refractivity contribution in [3.63, 3.8) is 0 Å². The largest absolute Gasteiger partial charge is 0.380 e. The van der Waals surface area contributed by atoms with E-state index in [1.807, 2.05) is 0 Å². The summed E-state index contributed by atoms with van der Waals surface area (Å²) < 4.78 is 37.0. The highest BCUT2D eigenvalue weighted by Gasteiger charge is 2.15. The van der Waals surface area contributed by atoms with E-state index in [0.717, 1.165) is 12.5 Å². The predicted molar refractivity (Wildman–Crippen MR) is 62.9 cm³/mol. The Bertz CT molecular complexity index is 397. The smallest absolute Gasteiger partial charge is 0.149 e. The molecule has 1 atom stereocenters. The van der Waals surface area contributed by atoms with Gasteiger partial charge in [-0.3, -0.25) is 0 Å². The monoisotopic (exact) mass is 307 g/mol. The van der Waals surface area contributed by atoms with Crippen LogP contribution in [0.15, 0.2) is 16.6 Å². The molecule has 0 spiro atoms. The van der Waals surface area contributed by atoms with Crippen LogP contribution in [-0.4, -0.2) is 26.0 Å².